The summed E-state index contributed by atoms with van der Waals surface area (Å²) < 4.78 is 49.0. The van der Waals surface area contributed by atoms with E-state index in [4.69, 9.17) is 4.74 Å². The van der Waals surface area contributed by atoms with Crippen LogP contribution in [0.3, 0.4) is 0 Å². The van der Waals surface area contributed by atoms with Gasteiger partial charge in [0.15, 0.2) is 0 Å². The Labute approximate surface area is 151 Å². The maximum Gasteiger partial charge on any atom is 0.145 e. The summed E-state index contributed by atoms with van der Waals surface area (Å²) in [6.45, 7) is 7.59. The summed E-state index contributed by atoms with van der Waals surface area (Å²) in [7, 11) is -1.21. The SMILES string of the molecule is C[Si](C)(C)CCOCn1cc(-c2cc(F)cc(F)c2)c2c(F)ccnc21. The van der Waals surface area contributed by atoms with Crippen LogP contribution in [0.15, 0.2) is 36.7 Å². The molecule has 3 rings (SSSR count). The Morgan fingerprint density at radius 2 is 1.77 bits per heavy atom. The highest BCUT2D eigenvalue weighted by Crippen LogP contribution is 2.32. The maximum absolute atomic E-state index is 14.4. The summed E-state index contributed by atoms with van der Waals surface area (Å²) in [5.41, 5.74) is 1.04. The maximum atomic E-state index is 14.4. The first kappa shape index (κ1) is 18.7. The minimum atomic E-state index is -1.21. The van der Waals surface area contributed by atoms with Gasteiger partial charge in [0, 0.05) is 38.7 Å². The van der Waals surface area contributed by atoms with Gasteiger partial charge in [-0.2, -0.15) is 0 Å². The van der Waals surface area contributed by atoms with Crippen LogP contribution >= 0.6 is 0 Å². The van der Waals surface area contributed by atoms with Crippen LogP contribution < -0.4 is 0 Å². The number of pyridine rings is 1. The van der Waals surface area contributed by atoms with E-state index in [1.165, 1.54) is 24.4 Å². The van der Waals surface area contributed by atoms with Gasteiger partial charge in [0.25, 0.3) is 0 Å². The van der Waals surface area contributed by atoms with E-state index in [1.807, 2.05) is 0 Å². The minimum absolute atomic E-state index is 0.204. The number of fused-ring (bicyclic) bond motifs is 1. The third-order valence-corrected chi connectivity index (χ3v) is 5.81. The zero-order chi connectivity index (χ0) is 18.9. The van der Waals surface area contributed by atoms with Crippen molar-refractivity contribution in [2.24, 2.45) is 0 Å². The van der Waals surface area contributed by atoms with E-state index in [2.05, 4.69) is 24.6 Å². The number of rotatable bonds is 6. The van der Waals surface area contributed by atoms with Crippen LogP contribution in [0.2, 0.25) is 25.7 Å². The summed E-state index contributed by atoms with van der Waals surface area (Å²) in [5.74, 6) is -1.91. The first-order valence-corrected chi connectivity index (χ1v) is 12.1. The smallest absolute Gasteiger partial charge is 0.145 e. The molecule has 0 bridgehead atoms. The molecule has 1 aromatic carbocycles. The average molecular weight is 378 g/mol. The second-order valence-corrected chi connectivity index (χ2v) is 13.1. The van der Waals surface area contributed by atoms with E-state index in [-0.39, 0.29) is 17.7 Å². The molecule has 0 saturated heterocycles. The Bertz CT molecular complexity index is 914. The van der Waals surface area contributed by atoms with Crippen molar-refractivity contribution < 1.29 is 17.9 Å². The van der Waals surface area contributed by atoms with Crippen molar-refractivity contribution in [1.29, 1.82) is 0 Å². The fraction of sp³-hybridized carbons (Fsp3) is 0.316. The Morgan fingerprint density at radius 1 is 1.08 bits per heavy atom. The van der Waals surface area contributed by atoms with Crippen molar-refractivity contribution in [3.63, 3.8) is 0 Å². The predicted molar refractivity (Wildman–Crippen MR) is 99.1 cm³/mol. The van der Waals surface area contributed by atoms with Crippen LogP contribution in [-0.4, -0.2) is 24.2 Å². The molecule has 0 aliphatic carbocycles. The Kier molecular flexibility index (Phi) is 5.20. The normalized spacial score (nSPS) is 12.1. The van der Waals surface area contributed by atoms with Gasteiger partial charge < -0.3 is 9.30 Å². The van der Waals surface area contributed by atoms with Crippen LogP contribution in [0, 0.1) is 17.5 Å². The van der Waals surface area contributed by atoms with Crippen molar-refractivity contribution in [2.75, 3.05) is 6.61 Å². The number of halogens is 3. The van der Waals surface area contributed by atoms with E-state index in [1.54, 1.807) is 10.8 Å². The van der Waals surface area contributed by atoms with Crippen molar-refractivity contribution >= 4 is 19.1 Å². The lowest BCUT2D eigenvalue weighted by Gasteiger charge is -2.15. The molecular weight excluding hydrogens is 357 g/mol. The average Bonchev–Trinajstić information content (AvgIpc) is 2.90. The molecule has 3 aromatic rings. The number of ether oxygens (including phenoxy) is 1. The van der Waals surface area contributed by atoms with Gasteiger partial charge in [0.2, 0.25) is 0 Å². The molecule has 0 amide bonds. The molecule has 0 saturated carbocycles. The molecule has 0 radical (unpaired) electrons. The lowest BCUT2D eigenvalue weighted by Crippen LogP contribution is -2.22. The molecule has 0 aliphatic heterocycles. The Balaban J connectivity index is 1.97. The Morgan fingerprint density at radius 3 is 2.42 bits per heavy atom. The lowest BCUT2D eigenvalue weighted by molar-refractivity contribution is 0.0899. The highest BCUT2D eigenvalue weighted by molar-refractivity contribution is 6.76. The summed E-state index contributed by atoms with van der Waals surface area (Å²) in [5, 5.41) is 0.228. The van der Waals surface area contributed by atoms with Gasteiger partial charge in [-0.1, -0.05) is 19.6 Å². The molecular formula is C19H21F3N2OSi. The Hall–Kier alpha value is -2.12. The molecule has 0 fully saturated rings. The highest BCUT2D eigenvalue weighted by atomic mass is 28.3. The van der Waals surface area contributed by atoms with Crippen LogP contribution in [0.5, 0.6) is 0 Å². The van der Waals surface area contributed by atoms with Gasteiger partial charge >= 0.3 is 0 Å². The standard InChI is InChI=1S/C19H21F3N2OSi/c1-26(2,3)7-6-25-12-24-11-16(13-8-14(20)10-15(21)9-13)18-17(22)4-5-23-19(18)24/h4-5,8-11H,6-7,12H2,1-3H3. The van der Waals surface area contributed by atoms with Crippen molar-refractivity contribution in [3.8, 4) is 11.1 Å². The molecule has 26 heavy (non-hydrogen) atoms. The number of hydrogen-bond acceptors (Lipinski definition) is 2. The number of benzene rings is 1. The second kappa shape index (κ2) is 7.24. The monoisotopic (exact) mass is 378 g/mol. The molecule has 0 unspecified atom stereocenters. The first-order valence-electron chi connectivity index (χ1n) is 8.42. The summed E-state index contributed by atoms with van der Waals surface area (Å²) in [6.07, 6.45) is 3.00. The fourth-order valence-corrected chi connectivity index (χ4v) is 3.50. The first-order chi connectivity index (χ1) is 12.2. The molecule has 0 spiro atoms. The summed E-state index contributed by atoms with van der Waals surface area (Å²) in [6, 6.07) is 5.39. The minimum Gasteiger partial charge on any atom is -0.361 e. The second-order valence-electron chi connectivity index (χ2n) is 7.51. The van der Waals surface area contributed by atoms with E-state index in [0.717, 1.165) is 12.1 Å². The quantitative estimate of drug-likeness (QED) is 0.422. The topological polar surface area (TPSA) is 27.1 Å². The highest BCUT2D eigenvalue weighted by Gasteiger charge is 2.17. The van der Waals surface area contributed by atoms with Crippen LogP contribution in [0.25, 0.3) is 22.2 Å². The largest absolute Gasteiger partial charge is 0.361 e. The lowest BCUT2D eigenvalue weighted by atomic mass is 10.1. The molecule has 0 atom stereocenters. The molecule has 2 aromatic heterocycles. The fourth-order valence-electron chi connectivity index (χ4n) is 2.74. The van der Waals surface area contributed by atoms with Gasteiger partial charge in [-0.3, -0.25) is 0 Å². The molecule has 3 nitrogen and oxygen atoms in total. The van der Waals surface area contributed by atoms with Crippen molar-refractivity contribution in [2.45, 2.75) is 32.4 Å². The number of nitrogens with zero attached hydrogens (tertiary/aromatic N) is 2. The zero-order valence-corrected chi connectivity index (χ0v) is 16.0. The van der Waals surface area contributed by atoms with Gasteiger partial charge in [-0.25, -0.2) is 18.2 Å². The number of aromatic nitrogens is 2. The third-order valence-electron chi connectivity index (χ3n) is 4.11. The van der Waals surface area contributed by atoms with E-state index >= 15 is 0 Å². The molecule has 0 N–H and O–H groups in total. The van der Waals surface area contributed by atoms with Crippen molar-refractivity contribution in [1.82, 2.24) is 9.55 Å². The van der Waals surface area contributed by atoms with Crippen molar-refractivity contribution in [3.05, 3.63) is 54.1 Å². The van der Waals surface area contributed by atoms with Crippen LogP contribution in [0.1, 0.15) is 0 Å². The molecule has 7 heteroatoms. The molecule has 0 aliphatic rings. The van der Waals surface area contributed by atoms with Gasteiger partial charge in [0.1, 0.15) is 29.8 Å². The van der Waals surface area contributed by atoms with E-state index in [0.29, 0.717) is 17.8 Å². The van der Waals surface area contributed by atoms with E-state index in [9.17, 15) is 13.2 Å². The predicted octanol–water partition coefficient (Wildman–Crippen LogP) is 5.43. The number of hydrogen-bond donors (Lipinski definition) is 0. The summed E-state index contributed by atoms with van der Waals surface area (Å²) >= 11 is 0. The zero-order valence-electron chi connectivity index (χ0n) is 15.0. The summed E-state index contributed by atoms with van der Waals surface area (Å²) in [4.78, 5) is 4.22. The van der Waals surface area contributed by atoms with Crippen LogP contribution in [-0.2, 0) is 11.5 Å². The van der Waals surface area contributed by atoms with Gasteiger partial charge in [-0.15, -0.1) is 0 Å². The van der Waals surface area contributed by atoms with Crippen LogP contribution in [0.4, 0.5) is 13.2 Å². The van der Waals surface area contributed by atoms with E-state index < -0.39 is 25.5 Å². The third kappa shape index (κ3) is 4.16. The van der Waals surface area contributed by atoms with Gasteiger partial charge in [0.05, 0.1) is 5.39 Å². The molecule has 138 valence electrons. The van der Waals surface area contributed by atoms with Gasteiger partial charge in [-0.05, 0) is 29.8 Å². The molecule has 2 heterocycles.